The SMILES string of the molecule is [CH2-]Cn1cnc(C(Cc2ccc(NC)nc2)C(=O)O)c1.[Y]. The Balaban J connectivity index is 0.00000220. The van der Waals surface area contributed by atoms with Crippen molar-refractivity contribution in [3.63, 3.8) is 0 Å². The molecule has 0 fully saturated rings. The molecule has 1 unspecified atom stereocenters. The molecular formula is C14H17N4O2Y-. The quantitative estimate of drug-likeness (QED) is 0.763. The van der Waals surface area contributed by atoms with Crippen LogP contribution in [-0.4, -0.2) is 32.7 Å². The number of rotatable bonds is 6. The number of nitrogens with one attached hydrogen (secondary N) is 1. The fourth-order valence-electron chi connectivity index (χ4n) is 1.93. The van der Waals surface area contributed by atoms with Gasteiger partial charge in [0.25, 0.3) is 0 Å². The minimum Gasteiger partial charge on any atom is -0.481 e. The molecule has 0 aromatic carbocycles. The van der Waals surface area contributed by atoms with Gasteiger partial charge in [0.2, 0.25) is 0 Å². The molecule has 1 radical (unpaired) electrons. The van der Waals surface area contributed by atoms with Gasteiger partial charge in [0.15, 0.2) is 0 Å². The van der Waals surface area contributed by atoms with Gasteiger partial charge in [0, 0.05) is 52.2 Å². The third-order valence-electron chi connectivity index (χ3n) is 3.09. The third kappa shape index (κ3) is 4.61. The van der Waals surface area contributed by atoms with E-state index in [9.17, 15) is 9.90 Å². The number of pyridine rings is 1. The number of carboxylic acid groups (broad SMARTS) is 1. The average Bonchev–Trinajstić information content (AvgIpc) is 2.93. The number of carboxylic acids is 1. The fraction of sp³-hybridized carbons (Fsp3) is 0.286. The van der Waals surface area contributed by atoms with Gasteiger partial charge in [-0.25, -0.2) is 9.97 Å². The van der Waals surface area contributed by atoms with Crippen molar-refractivity contribution in [3.05, 3.63) is 49.0 Å². The Hall–Kier alpha value is -1.27. The molecule has 2 heterocycles. The first kappa shape index (κ1) is 17.8. The monoisotopic (exact) mass is 362 g/mol. The van der Waals surface area contributed by atoms with Crippen LogP contribution in [0.4, 0.5) is 5.82 Å². The molecule has 2 aromatic heterocycles. The summed E-state index contributed by atoms with van der Waals surface area (Å²) in [5, 5.41) is 12.3. The molecule has 6 nitrogen and oxygen atoms in total. The number of aliphatic carboxylic acids is 1. The van der Waals surface area contributed by atoms with Crippen molar-refractivity contribution < 1.29 is 42.6 Å². The molecule has 0 aliphatic carbocycles. The van der Waals surface area contributed by atoms with E-state index in [1.165, 1.54) is 0 Å². The zero-order valence-electron chi connectivity index (χ0n) is 11.9. The summed E-state index contributed by atoms with van der Waals surface area (Å²) in [4.78, 5) is 19.8. The Kier molecular flexibility index (Phi) is 6.98. The Labute approximate surface area is 148 Å². The number of hydrogen-bond acceptors (Lipinski definition) is 4. The van der Waals surface area contributed by atoms with Gasteiger partial charge in [-0.05, 0) is 18.1 Å². The van der Waals surface area contributed by atoms with Crippen LogP contribution in [-0.2, 0) is 50.5 Å². The van der Waals surface area contributed by atoms with Crippen LogP contribution >= 0.6 is 0 Å². The molecule has 2 aromatic rings. The molecule has 7 heteroatoms. The van der Waals surface area contributed by atoms with Crippen LogP contribution in [0.1, 0.15) is 17.2 Å². The van der Waals surface area contributed by atoms with E-state index < -0.39 is 11.9 Å². The zero-order valence-corrected chi connectivity index (χ0v) is 14.7. The second-order valence-electron chi connectivity index (χ2n) is 4.43. The predicted octanol–water partition coefficient (Wildman–Crippen LogP) is 1.56. The third-order valence-corrected chi connectivity index (χ3v) is 3.09. The maximum atomic E-state index is 11.4. The van der Waals surface area contributed by atoms with E-state index in [0.717, 1.165) is 11.4 Å². The average molecular weight is 362 g/mol. The van der Waals surface area contributed by atoms with Crippen molar-refractivity contribution in [2.75, 3.05) is 12.4 Å². The Morgan fingerprint density at radius 3 is 2.71 bits per heavy atom. The second kappa shape index (κ2) is 8.24. The van der Waals surface area contributed by atoms with Gasteiger partial charge in [0.05, 0.1) is 12.0 Å². The molecule has 2 N–H and O–H groups in total. The van der Waals surface area contributed by atoms with Crippen LogP contribution in [0.15, 0.2) is 30.9 Å². The van der Waals surface area contributed by atoms with Gasteiger partial charge in [-0.1, -0.05) is 6.07 Å². The molecule has 0 saturated heterocycles. The summed E-state index contributed by atoms with van der Waals surface area (Å²) in [6, 6.07) is 3.69. The molecule has 109 valence electrons. The van der Waals surface area contributed by atoms with E-state index in [2.05, 4.69) is 22.2 Å². The maximum absolute atomic E-state index is 11.4. The van der Waals surface area contributed by atoms with Crippen molar-refractivity contribution in [1.82, 2.24) is 14.5 Å². The van der Waals surface area contributed by atoms with Gasteiger partial charge >= 0.3 is 5.97 Å². The number of carbonyl (C=O) groups is 1. The molecule has 0 amide bonds. The summed E-state index contributed by atoms with van der Waals surface area (Å²) in [6.45, 7) is 4.26. The Morgan fingerprint density at radius 1 is 1.48 bits per heavy atom. The summed E-state index contributed by atoms with van der Waals surface area (Å²) in [5.41, 5.74) is 1.40. The fourth-order valence-corrected chi connectivity index (χ4v) is 1.93. The first-order valence-electron chi connectivity index (χ1n) is 6.30. The molecule has 0 saturated carbocycles. The van der Waals surface area contributed by atoms with Crippen LogP contribution in [0, 0.1) is 6.92 Å². The first-order chi connectivity index (χ1) is 9.63. The normalized spacial score (nSPS) is 11.5. The molecular weight excluding hydrogens is 345 g/mol. The second-order valence-corrected chi connectivity index (χ2v) is 4.43. The molecule has 2 rings (SSSR count). The van der Waals surface area contributed by atoms with E-state index >= 15 is 0 Å². The topological polar surface area (TPSA) is 80.0 Å². The molecule has 1 atom stereocenters. The van der Waals surface area contributed by atoms with Gasteiger partial charge < -0.3 is 21.9 Å². The van der Waals surface area contributed by atoms with E-state index in [1.54, 1.807) is 30.3 Å². The van der Waals surface area contributed by atoms with Crippen LogP contribution in [0.3, 0.4) is 0 Å². The number of anilines is 1. The smallest absolute Gasteiger partial charge is 0.312 e. The summed E-state index contributed by atoms with van der Waals surface area (Å²) < 4.78 is 1.76. The van der Waals surface area contributed by atoms with Gasteiger partial charge in [0.1, 0.15) is 11.7 Å². The number of imidazole rings is 1. The Bertz CT molecular complexity index is 583. The van der Waals surface area contributed by atoms with Gasteiger partial charge in [-0.2, -0.15) is 0 Å². The number of hydrogen-bond donors (Lipinski definition) is 2. The predicted molar refractivity (Wildman–Crippen MR) is 75.4 cm³/mol. The van der Waals surface area contributed by atoms with Crippen molar-refractivity contribution in [1.29, 1.82) is 0 Å². The van der Waals surface area contributed by atoms with Crippen LogP contribution in [0.2, 0.25) is 0 Å². The molecule has 0 spiro atoms. The Morgan fingerprint density at radius 2 is 2.24 bits per heavy atom. The molecule has 21 heavy (non-hydrogen) atoms. The van der Waals surface area contributed by atoms with E-state index in [1.807, 2.05) is 12.1 Å². The van der Waals surface area contributed by atoms with Crippen molar-refractivity contribution in [2.24, 2.45) is 0 Å². The molecule has 0 aliphatic rings. The maximum Gasteiger partial charge on any atom is 0.312 e. The first-order valence-corrected chi connectivity index (χ1v) is 6.30. The summed E-state index contributed by atoms with van der Waals surface area (Å²) >= 11 is 0. The molecule has 0 bridgehead atoms. The van der Waals surface area contributed by atoms with Gasteiger partial charge in [-0.3, -0.25) is 4.79 Å². The van der Waals surface area contributed by atoms with E-state index in [-0.39, 0.29) is 32.7 Å². The van der Waals surface area contributed by atoms with Crippen LogP contribution in [0.25, 0.3) is 0 Å². The minimum absolute atomic E-state index is 0. The van der Waals surface area contributed by atoms with Crippen LogP contribution < -0.4 is 5.32 Å². The van der Waals surface area contributed by atoms with E-state index in [0.29, 0.717) is 18.7 Å². The summed E-state index contributed by atoms with van der Waals surface area (Å²) in [6.07, 6.45) is 5.36. The zero-order chi connectivity index (χ0) is 14.5. The van der Waals surface area contributed by atoms with Crippen molar-refractivity contribution in [2.45, 2.75) is 18.9 Å². The number of aromatic nitrogens is 3. The summed E-state index contributed by atoms with van der Waals surface area (Å²) in [5.74, 6) is -0.816. The van der Waals surface area contributed by atoms with Crippen LogP contribution in [0.5, 0.6) is 0 Å². The standard InChI is InChI=1S/C14H17N4O2.Y/c1-3-18-8-12(17-9-18)11(14(19)20)6-10-4-5-13(15-2)16-7-10;/h4-5,7-9,11H,1,3,6H2,2H3,(H,15,16)(H,19,20);/q-1;. The minimum atomic E-state index is -0.892. The van der Waals surface area contributed by atoms with E-state index in [4.69, 9.17) is 0 Å². The summed E-state index contributed by atoms with van der Waals surface area (Å²) in [7, 11) is 1.79. The van der Waals surface area contributed by atoms with Crippen molar-refractivity contribution in [3.8, 4) is 0 Å². The molecule has 0 aliphatic heterocycles. The number of nitrogens with zero attached hydrogens (tertiary/aromatic N) is 3. The van der Waals surface area contributed by atoms with Gasteiger partial charge in [-0.15, -0.1) is 6.54 Å². The van der Waals surface area contributed by atoms with Crippen molar-refractivity contribution >= 4 is 11.8 Å². The largest absolute Gasteiger partial charge is 0.481 e.